The molecule has 2 aromatic heterocycles. The van der Waals surface area contributed by atoms with E-state index in [0.29, 0.717) is 28.1 Å². The van der Waals surface area contributed by atoms with Gasteiger partial charge in [0.15, 0.2) is 0 Å². The molecular weight excluding hydrogens is 460 g/mol. The average Bonchev–Trinajstić information content (AvgIpc) is 3.30. The van der Waals surface area contributed by atoms with Crippen LogP contribution in [0.4, 0.5) is 11.6 Å². The minimum Gasteiger partial charge on any atom is -0.497 e. The molecule has 35 heavy (non-hydrogen) atoms. The number of methoxy groups -OCH3 is 1. The molecule has 5 rings (SSSR count). The predicted octanol–water partition coefficient (Wildman–Crippen LogP) is 4.90. The number of nitrogens with zero attached hydrogens (tertiary/aromatic N) is 4. The van der Waals surface area contributed by atoms with Gasteiger partial charge in [0.05, 0.1) is 24.6 Å². The van der Waals surface area contributed by atoms with Gasteiger partial charge >= 0.3 is 0 Å². The van der Waals surface area contributed by atoms with E-state index in [9.17, 15) is 4.79 Å². The third-order valence-electron chi connectivity index (χ3n) is 5.64. The lowest BCUT2D eigenvalue weighted by molar-refractivity contribution is -0.113. The van der Waals surface area contributed by atoms with Gasteiger partial charge in [0.1, 0.15) is 11.8 Å². The quantitative estimate of drug-likeness (QED) is 0.360. The highest BCUT2D eigenvalue weighted by atomic mass is 32.2. The van der Waals surface area contributed by atoms with Gasteiger partial charge < -0.3 is 15.4 Å². The van der Waals surface area contributed by atoms with Gasteiger partial charge in [0, 0.05) is 17.6 Å². The van der Waals surface area contributed by atoms with Crippen LogP contribution in [0.3, 0.4) is 0 Å². The smallest absolute Gasteiger partial charge is 0.255 e. The fourth-order valence-corrected chi connectivity index (χ4v) is 4.72. The largest absolute Gasteiger partial charge is 0.497 e. The SMILES string of the molecule is COc1ccc([C@H]2C(C(=O)Nc3cccnc3)=C(C)Nc3nc(SCc4ccccc4)nn32)cc1. The summed E-state index contributed by atoms with van der Waals surface area (Å²) < 4.78 is 7.11. The Balaban J connectivity index is 1.50. The summed E-state index contributed by atoms with van der Waals surface area (Å²) in [7, 11) is 1.63. The van der Waals surface area contributed by atoms with Crippen LogP contribution in [0.15, 0.2) is 95.6 Å². The summed E-state index contributed by atoms with van der Waals surface area (Å²) in [5, 5.41) is 11.7. The number of aromatic nitrogens is 4. The van der Waals surface area contributed by atoms with Crippen molar-refractivity contribution in [2.45, 2.75) is 23.9 Å². The number of fused-ring (bicyclic) bond motifs is 1. The topological polar surface area (TPSA) is 94.0 Å². The Morgan fingerprint density at radius 1 is 1.11 bits per heavy atom. The van der Waals surface area contributed by atoms with Gasteiger partial charge in [-0.25, -0.2) is 4.68 Å². The van der Waals surface area contributed by atoms with Crippen LogP contribution in [-0.2, 0) is 10.5 Å². The normalized spacial score (nSPS) is 14.7. The summed E-state index contributed by atoms with van der Waals surface area (Å²) in [5.41, 5.74) is 3.97. The number of carbonyl (C=O) groups is 1. The van der Waals surface area contributed by atoms with Crippen LogP contribution in [0, 0.1) is 0 Å². The van der Waals surface area contributed by atoms with Crippen LogP contribution >= 0.6 is 11.8 Å². The molecule has 0 radical (unpaired) electrons. The van der Waals surface area contributed by atoms with Crippen LogP contribution < -0.4 is 15.4 Å². The highest BCUT2D eigenvalue weighted by Gasteiger charge is 2.34. The zero-order valence-corrected chi connectivity index (χ0v) is 20.1. The monoisotopic (exact) mass is 484 g/mol. The van der Waals surface area contributed by atoms with Crippen LogP contribution in [0.2, 0.25) is 0 Å². The Morgan fingerprint density at radius 3 is 2.63 bits per heavy atom. The zero-order valence-electron chi connectivity index (χ0n) is 19.3. The van der Waals surface area contributed by atoms with E-state index >= 15 is 0 Å². The molecule has 9 heteroatoms. The van der Waals surface area contributed by atoms with Gasteiger partial charge in [-0.2, -0.15) is 4.98 Å². The molecule has 176 valence electrons. The average molecular weight is 485 g/mol. The van der Waals surface area contributed by atoms with Crippen molar-refractivity contribution < 1.29 is 9.53 Å². The van der Waals surface area contributed by atoms with Crippen LogP contribution in [0.1, 0.15) is 24.1 Å². The third-order valence-corrected chi connectivity index (χ3v) is 6.55. The molecule has 0 saturated carbocycles. The number of pyridine rings is 1. The molecule has 0 saturated heterocycles. The van der Waals surface area contributed by atoms with E-state index in [2.05, 4.69) is 27.8 Å². The first kappa shape index (κ1) is 22.7. The molecule has 2 aromatic carbocycles. The Bertz CT molecular complexity index is 1350. The number of hydrogen-bond donors (Lipinski definition) is 2. The number of allylic oxidation sites excluding steroid dienone is 1. The lowest BCUT2D eigenvalue weighted by Crippen LogP contribution is -2.31. The number of nitrogens with one attached hydrogen (secondary N) is 2. The second-order valence-corrected chi connectivity index (χ2v) is 8.91. The Kier molecular flexibility index (Phi) is 6.49. The van der Waals surface area contributed by atoms with Gasteiger partial charge in [0.2, 0.25) is 11.1 Å². The van der Waals surface area contributed by atoms with Crippen molar-refractivity contribution in [1.82, 2.24) is 19.7 Å². The molecule has 8 nitrogen and oxygen atoms in total. The first-order chi connectivity index (χ1) is 17.1. The minimum atomic E-state index is -0.465. The van der Waals surface area contributed by atoms with Crippen molar-refractivity contribution in [3.05, 3.63) is 102 Å². The Hall–Kier alpha value is -4.11. The summed E-state index contributed by atoms with van der Waals surface area (Å²) in [4.78, 5) is 22.3. The summed E-state index contributed by atoms with van der Waals surface area (Å²) >= 11 is 1.55. The van der Waals surface area contributed by atoms with Gasteiger partial charge in [-0.3, -0.25) is 9.78 Å². The van der Waals surface area contributed by atoms with E-state index in [4.69, 9.17) is 14.8 Å². The number of carbonyl (C=O) groups excluding carboxylic acids is 1. The molecule has 1 aliphatic rings. The second-order valence-electron chi connectivity index (χ2n) is 7.97. The van der Waals surface area contributed by atoms with Gasteiger partial charge in [-0.1, -0.05) is 54.2 Å². The van der Waals surface area contributed by atoms with Crippen LogP contribution in [0.5, 0.6) is 5.75 Å². The first-order valence-electron chi connectivity index (χ1n) is 11.1. The van der Waals surface area contributed by atoms with Gasteiger partial charge in [0.25, 0.3) is 5.91 Å². The molecule has 0 spiro atoms. The van der Waals surface area contributed by atoms with Crippen LogP contribution in [0.25, 0.3) is 0 Å². The Labute approximate surface area is 207 Å². The first-order valence-corrected chi connectivity index (χ1v) is 12.1. The van der Waals surface area contributed by atoms with E-state index < -0.39 is 6.04 Å². The Morgan fingerprint density at radius 2 is 1.91 bits per heavy atom. The number of hydrogen-bond acceptors (Lipinski definition) is 7. The molecule has 1 atom stereocenters. The number of ether oxygens (including phenoxy) is 1. The van der Waals surface area contributed by atoms with Crippen molar-refractivity contribution in [3.8, 4) is 5.75 Å². The van der Waals surface area contributed by atoms with Crippen molar-refractivity contribution in [3.63, 3.8) is 0 Å². The molecule has 2 N–H and O–H groups in total. The van der Waals surface area contributed by atoms with E-state index in [1.807, 2.05) is 49.4 Å². The molecule has 0 fully saturated rings. The highest BCUT2D eigenvalue weighted by molar-refractivity contribution is 7.98. The predicted molar refractivity (Wildman–Crippen MR) is 136 cm³/mol. The lowest BCUT2D eigenvalue weighted by Gasteiger charge is -2.28. The molecule has 0 aliphatic carbocycles. The molecule has 4 aromatic rings. The number of anilines is 2. The number of amides is 1. The van der Waals surface area contributed by atoms with Gasteiger partial charge in [-0.05, 0) is 42.3 Å². The molecular formula is C26H24N6O2S. The maximum Gasteiger partial charge on any atom is 0.255 e. The molecule has 3 heterocycles. The van der Waals surface area contributed by atoms with E-state index in [0.717, 1.165) is 17.1 Å². The molecule has 0 unspecified atom stereocenters. The summed E-state index contributed by atoms with van der Waals surface area (Å²) in [6, 6.07) is 21.0. The fourth-order valence-electron chi connectivity index (χ4n) is 3.94. The second kappa shape index (κ2) is 10.0. The maximum absolute atomic E-state index is 13.5. The third kappa shape index (κ3) is 4.90. The van der Waals surface area contributed by atoms with Crippen LogP contribution in [-0.4, -0.2) is 32.8 Å². The maximum atomic E-state index is 13.5. The summed E-state index contributed by atoms with van der Waals surface area (Å²) in [5.74, 6) is 1.85. The number of rotatable bonds is 7. The number of benzene rings is 2. The molecule has 1 aliphatic heterocycles. The minimum absolute atomic E-state index is 0.233. The fraction of sp³-hybridized carbons (Fsp3) is 0.154. The van der Waals surface area contributed by atoms with Crippen molar-refractivity contribution in [2.75, 3.05) is 17.7 Å². The highest BCUT2D eigenvalue weighted by Crippen LogP contribution is 2.37. The van der Waals surface area contributed by atoms with E-state index in [1.54, 1.807) is 48.1 Å². The molecule has 0 bridgehead atoms. The number of thioether (sulfide) groups is 1. The van der Waals surface area contributed by atoms with E-state index in [1.165, 1.54) is 5.56 Å². The van der Waals surface area contributed by atoms with E-state index in [-0.39, 0.29) is 5.91 Å². The lowest BCUT2D eigenvalue weighted by atomic mass is 9.95. The molecule has 1 amide bonds. The van der Waals surface area contributed by atoms with Crippen molar-refractivity contribution in [1.29, 1.82) is 0 Å². The summed E-state index contributed by atoms with van der Waals surface area (Å²) in [6.07, 6.45) is 3.28. The summed E-state index contributed by atoms with van der Waals surface area (Å²) in [6.45, 7) is 1.88. The van der Waals surface area contributed by atoms with Gasteiger partial charge in [-0.15, -0.1) is 5.10 Å². The van der Waals surface area contributed by atoms with Crippen molar-refractivity contribution >= 4 is 29.3 Å². The standard InChI is InChI=1S/C26H24N6O2S/c1-17-22(24(33)29-20-9-6-14-27-15-20)23(19-10-12-21(34-2)13-11-19)32-25(28-17)30-26(31-32)35-16-18-7-4-3-5-8-18/h3-15,23H,16H2,1-2H3,(H,29,33)(H,28,30,31)/t23-/m0/s1. The zero-order chi connectivity index (χ0) is 24.2. The van der Waals surface area contributed by atoms with Crippen molar-refractivity contribution in [2.24, 2.45) is 0 Å².